The average Bonchev–Trinajstić information content (AvgIpc) is 3.03. The van der Waals surface area contributed by atoms with Crippen molar-refractivity contribution in [2.24, 2.45) is 7.05 Å². The Balaban J connectivity index is 2.17. The molecule has 22 heavy (non-hydrogen) atoms. The number of nitrogens with one attached hydrogen (secondary N) is 1. The number of hydrogen-bond donors (Lipinski definition) is 1. The smallest absolute Gasteiger partial charge is 0.343 e. The van der Waals surface area contributed by atoms with Crippen LogP contribution < -0.4 is 5.32 Å². The lowest BCUT2D eigenvalue weighted by molar-refractivity contribution is -0.141. The summed E-state index contributed by atoms with van der Waals surface area (Å²) in [6.45, 7) is 4.27. The first kappa shape index (κ1) is 16.1. The number of hydrogen-bond acceptors (Lipinski definition) is 3. The van der Waals surface area contributed by atoms with Crippen LogP contribution in [0.15, 0.2) is 18.3 Å². The van der Waals surface area contributed by atoms with E-state index in [1.807, 2.05) is 6.92 Å². The Morgan fingerprint density at radius 2 is 2.14 bits per heavy atom. The van der Waals surface area contributed by atoms with E-state index in [0.717, 1.165) is 16.4 Å². The Labute approximate surface area is 124 Å². The molecule has 0 aliphatic rings. The van der Waals surface area contributed by atoms with E-state index in [1.54, 1.807) is 23.9 Å². The number of alkyl halides is 3. The van der Waals surface area contributed by atoms with Crippen LogP contribution in [0.5, 0.6) is 0 Å². The first-order valence-corrected chi connectivity index (χ1v) is 6.67. The van der Waals surface area contributed by atoms with Gasteiger partial charge < -0.3 is 5.32 Å². The summed E-state index contributed by atoms with van der Waals surface area (Å²) in [6.07, 6.45) is -2.98. The molecule has 2 heterocycles. The van der Waals surface area contributed by atoms with Gasteiger partial charge in [-0.1, -0.05) is 0 Å². The summed E-state index contributed by atoms with van der Waals surface area (Å²) in [4.78, 5) is 12.1. The lowest BCUT2D eigenvalue weighted by atomic mass is 10.2. The molecule has 0 bridgehead atoms. The molecule has 0 aliphatic carbocycles. The number of halogens is 3. The molecule has 0 saturated carbocycles. The Hall–Kier alpha value is -2.32. The fourth-order valence-electron chi connectivity index (χ4n) is 2.14. The van der Waals surface area contributed by atoms with Crippen LogP contribution in [0, 0.1) is 0 Å². The molecule has 2 aromatic rings. The van der Waals surface area contributed by atoms with Gasteiger partial charge in [-0.2, -0.15) is 23.4 Å². The highest BCUT2D eigenvalue weighted by molar-refractivity contribution is 5.92. The molecule has 9 heteroatoms. The first-order chi connectivity index (χ1) is 10.2. The maximum atomic E-state index is 12.6. The number of amides is 1. The number of aryl methyl sites for hydroxylation is 2. The van der Waals surface area contributed by atoms with Gasteiger partial charge in [-0.05, 0) is 19.9 Å². The Bertz CT molecular complexity index is 674. The van der Waals surface area contributed by atoms with Gasteiger partial charge in [0, 0.05) is 25.9 Å². The molecule has 1 amide bonds. The van der Waals surface area contributed by atoms with Crippen molar-refractivity contribution >= 4 is 5.91 Å². The first-order valence-electron chi connectivity index (χ1n) is 6.67. The monoisotopic (exact) mass is 315 g/mol. The summed E-state index contributed by atoms with van der Waals surface area (Å²) >= 11 is 0. The fraction of sp³-hybridized carbons (Fsp3) is 0.462. The van der Waals surface area contributed by atoms with Gasteiger partial charge in [0.05, 0.1) is 11.7 Å². The summed E-state index contributed by atoms with van der Waals surface area (Å²) in [6, 6.07) is 2.09. The third-order valence-corrected chi connectivity index (χ3v) is 3.24. The molecule has 0 saturated heterocycles. The standard InChI is InChI=1S/C13H16F3N5O/c1-4-21-9(5-6-17-21)8(2)18-12(22)10-7-11(13(14,15)16)19-20(10)3/h5-8H,4H2,1-3H3,(H,18,22). The summed E-state index contributed by atoms with van der Waals surface area (Å²) in [5.41, 5.74) is -0.470. The number of carbonyl (C=O) groups excluding carboxylic acids is 1. The Morgan fingerprint density at radius 1 is 1.45 bits per heavy atom. The van der Waals surface area contributed by atoms with Crippen LogP contribution in [-0.2, 0) is 19.8 Å². The van der Waals surface area contributed by atoms with Gasteiger partial charge >= 0.3 is 6.18 Å². The number of nitrogens with zero attached hydrogens (tertiary/aromatic N) is 4. The van der Waals surface area contributed by atoms with Crippen molar-refractivity contribution in [1.29, 1.82) is 0 Å². The Morgan fingerprint density at radius 3 is 2.68 bits per heavy atom. The van der Waals surface area contributed by atoms with Crippen molar-refractivity contribution in [3.05, 3.63) is 35.4 Å². The van der Waals surface area contributed by atoms with Crippen LogP contribution in [0.1, 0.15) is 41.8 Å². The zero-order valence-electron chi connectivity index (χ0n) is 12.3. The zero-order chi connectivity index (χ0) is 16.5. The maximum Gasteiger partial charge on any atom is 0.435 e. The predicted octanol–water partition coefficient (Wildman–Crippen LogP) is 2.15. The van der Waals surface area contributed by atoms with E-state index in [1.165, 1.54) is 7.05 Å². The van der Waals surface area contributed by atoms with Gasteiger partial charge in [0.25, 0.3) is 5.91 Å². The van der Waals surface area contributed by atoms with Crippen molar-refractivity contribution in [3.8, 4) is 0 Å². The SMILES string of the molecule is CCn1nccc1C(C)NC(=O)c1cc(C(F)(F)F)nn1C. The van der Waals surface area contributed by atoms with Crippen LogP contribution in [0.4, 0.5) is 13.2 Å². The van der Waals surface area contributed by atoms with Crippen LogP contribution in [0.25, 0.3) is 0 Å². The van der Waals surface area contributed by atoms with E-state index >= 15 is 0 Å². The van der Waals surface area contributed by atoms with Crippen molar-refractivity contribution in [2.75, 3.05) is 0 Å². The second kappa shape index (κ2) is 5.82. The number of carbonyl (C=O) groups is 1. The van der Waals surface area contributed by atoms with Gasteiger partial charge in [0.1, 0.15) is 5.69 Å². The average molecular weight is 315 g/mol. The molecule has 2 rings (SSSR count). The van der Waals surface area contributed by atoms with Crippen LogP contribution >= 0.6 is 0 Å². The minimum Gasteiger partial charge on any atom is -0.343 e. The molecular weight excluding hydrogens is 299 g/mol. The molecule has 0 spiro atoms. The van der Waals surface area contributed by atoms with Gasteiger partial charge in [-0.3, -0.25) is 14.2 Å². The quantitative estimate of drug-likeness (QED) is 0.940. The van der Waals surface area contributed by atoms with E-state index < -0.39 is 17.8 Å². The predicted molar refractivity (Wildman–Crippen MR) is 72.0 cm³/mol. The maximum absolute atomic E-state index is 12.6. The van der Waals surface area contributed by atoms with Crippen molar-refractivity contribution in [2.45, 2.75) is 32.6 Å². The molecule has 2 aromatic heterocycles. The second-order valence-electron chi connectivity index (χ2n) is 4.80. The highest BCUT2D eigenvalue weighted by Crippen LogP contribution is 2.28. The zero-order valence-corrected chi connectivity index (χ0v) is 12.3. The van der Waals surface area contributed by atoms with Crippen LogP contribution in [0.2, 0.25) is 0 Å². The molecule has 0 fully saturated rings. The number of aromatic nitrogens is 4. The molecule has 120 valence electrons. The molecule has 1 N–H and O–H groups in total. The second-order valence-corrected chi connectivity index (χ2v) is 4.80. The van der Waals surface area contributed by atoms with Gasteiger partial charge in [0.2, 0.25) is 0 Å². The molecule has 1 unspecified atom stereocenters. The molecule has 6 nitrogen and oxygen atoms in total. The third-order valence-electron chi connectivity index (χ3n) is 3.24. The van der Waals surface area contributed by atoms with Gasteiger partial charge in [0.15, 0.2) is 5.69 Å². The van der Waals surface area contributed by atoms with E-state index in [0.29, 0.717) is 6.54 Å². The van der Waals surface area contributed by atoms with E-state index in [4.69, 9.17) is 0 Å². The number of rotatable bonds is 4. The molecule has 1 atom stereocenters. The normalized spacial score (nSPS) is 13.2. The van der Waals surface area contributed by atoms with Crippen LogP contribution in [0.3, 0.4) is 0 Å². The minimum absolute atomic E-state index is 0.151. The van der Waals surface area contributed by atoms with Crippen molar-refractivity contribution < 1.29 is 18.0 Å². The van der Waals surface area contributed by atoms with Crippen molar-refractivity contribution in [3.63, 3.8) is 0 Å². The topological polar surface area (TPSA) is 64.7 Å². The van der Waals surface area contributed by atoms with Crippen molar-refractivity contribution in [1.82, 2.24) is 24.9 Å². The fourth-order valence-corrected chi connectivity index (χ4v) is 2.14. The van der Waals surface area contributed by atoms with E-state index in [2.05, 4.69) is 15.5 Å². The van der Waals surface area contributed by atoms with E-state index in [9.17, 15) is 18.0 Å². The highest BCUT2D eigenvalue weighted by Gasteiger charge is 2.35. The highest BCUT2D eigenvalue weighted by atomic mass is 19.4. The van der Waals surface area contributed by atoms with Gasteiger partial charge in [-0.15, -0.1) is 0 Å². The lowest BCUT2D eigenvalue weighted by Gasteiger charge is -2.15. The summed E-state index contributed by atoms with van der Waals surface area (Å²) in [7, 11) is 1.30. The minimum atomic E-state index is -4.58. The largest absolute Gasteiger partial charge is 0.435 e. The summed E-state index contributed by atoms with van der Waals surface area (Å²) in [5.74, 6) is -0.623. The third kappa shape index (κ3) is 3.12. The molecule has 0 aromatic carbocycles. The lowest BCUT2D eigenvalue weighted by Crippen LogP contribution is -2.29. The van der Waals surface area contributed by atoms with Crippen LogP contribution in [-0.4, -0.2) is 25.5 Å². The van der Waals surface area contributed by atoms with E-state index in [-0.39, 0.29) is 11.7 Å². The molecular formula is C13H16F3N5O. The summed E-state index contributed by atoms with van der Waals surface area (Å²) < 4.78 is 40.5. The molecule has 0 radical (unpaired) electrons. The summed E-state index contributed by atoms with van der Waals surface area (Å²) in [5, 5.41) is 10.1. The van der Waals surface area contributed by atoms with Gasteiger partial charge in [-0.25, -0.2) is 0 Å². The Kier molecular flexibility index (Phi) is 4.25. The molecule has 0 aliphatic heterocycles.